The molecule has 0 heterocycles. The fourth-order valence-corrected chi connectivity index (χ4v) is 2.88. The number of carbonyl (C=O) groups is 1. The number of halogens is 1. The predicted octanol–water partition coefficient (Wildman–Crippen LogP) is 3.14. The molecule has 0 saturated heterocycles. The van der Waals surface area contributed by atoms with Gasteiger partial charge < -0.3 is 11.1 Å². The van der Waals surface area contributed by atoms with Crippen molar-refractivity contribution in [3.8, 4) is 0 Å². The standard InChI is InChI=1S/C14H18ClN3O3/c1-8-4-2-3-5-11(8)17-14(19)9-6-10(15)13(16)12(7-9)18(20)21/h6-8,11H,2-5,16H2,1H3,(H,17,19). The van der Waals surface area contributed by atoms with Crippen molar-refractivity contribution in [1.29, 1.82) is 0 Å². The van der Waals surface area contributed by atoms with E-state index in [1.165, 1.54) is 18.6 Å². The topological polar surface area (TPSA) is 98.3 Å². The van der Waals surface area contributed by atoms with Gasteiger partial charge in [-0.15, -0.1) is 0 Å². The van der Waals surface area contributed by atoms with E-state index in [0.29, 0.717) is 5.92 Å². The molecular formula is C14H18ClN3O3. The summed E-state index contributed by atoms with van der Waals surface area (Å²) in [5.74, 6) is 0.0562. The van der Waals surface area contributed by atoms with Crippen LogP contribution in [0.3, 0.4) is 0 Å². The van der Waals surface area contributed by atoms with Crippen molar-refractivity contribution in [2.45, 2.75) is 38.6 Å². The van der Waals surface area contributed by atoms with Crippen molar-refractivity contribution in [3.05, 3.63) is 32.8 Å². The van der Waals surface area contributed by atoms with Crippen LogP contribution in [0, 0.1) is 16.0 Å². The summed E-state index contributed by atoms with van der Waals surface area (Å²) in [6.07, 6.45) is 4.26. The zero-order chi connectivity index (χ0) is 15.6. The quantitative estimate of drug-likeness (QED) is 0.509. The summed E-state index contributed by atoms with van der Waals surface area (Å²) in [6.45, 7) is 2.10. The Morgan fingerprint density at radius 1 is 1.43 bits per heavy atom. The van der Waals surface area contributed by atoms with E-state index >= 15 is 0 Å². The summed E-state index contributed by atoms with van der Waals surface area (Å²) in [6, 6.07) is 2.64. The molecule has 1 amide bonds. The van der Waals surface area contributed by atoms with Gasteiger partial charge in [0.1, 0.15) is 5.69 Å². The van der Waals surface area contributed by atoms with Gasteiger partial charge in [0.25, 0.3) is 11.6 Å². The number of amides is 1. The molecule has 2 unspecified atom stereocenters. The van der Waals surface area contributed by atoms with Crippen molar-refractivity contribution in [3.63, 3.8) is 0 Å². The normalized spacial score (nSPS) is 21.8. The largest absolute Gasteiger partial charge is 0.392 e. The average Bonchev–Trinajstić information content (AvgIpc) is 2.43. The second kappa shape index (κ2) is 6.30. The number of rotatable bonds is 3. The van der Waals surface area contributed by atoms with Crippen molar-refractivity contribution in [2.75, 3.05) is 5.73 Å². The van der Waals surface area contributed by atoms with E-state index in [2.05, 4.69) is 12.2 Å². The van der Waals surface area contributed by atoms with Crippen LogP contribution in [-0.4, -0.2) is 16.9 Å². The van der Waals surface area contributed by atoms with Crippen LogP contribution in [0.15, 0.2) is 12.1 Å². The van der Waals surface area contributed by atoms with Gasteiger partial charge in [-0.1, -0.05) is 31.4 Å². The monoisotopic (exact) mass is 311 g/mol. The van der Waals surface area contributed by atoms with Gasteiger partial charge in [-0.2, -0.15) is 0 Å². The Balaban J connectivity index is 2.21. The van der Waals surface area contributed by atoms with Crippen LogP contribution >= 0.6 is 11.6 Å². The Morgan fingerprint density at radius 2 is 2.10 bits per heavy atom. The Bertz CT molecular complexity index is 577. The van der Waals surface area contributed by atoms with Gasteiger partial charge in [-0.25, -0.2) is 0 Å². The third-order valence-corrected chi connectivity index (χ3v) is 4.31. The lowest BCUT2D eigenvalue weighted by molar-refractivity contribution is -0.383. The predicted molar refractivity (Wildman–Crippen MR) is 81.4 cm³/mol. The van der Waals surface area contributed by atoms with Crippen molar-refractivity contribution in [1.82, 2.24) is 5.32 Å². The van der Waals surface area contributed by atoms with E-state index in [1.807, 2.05) is 0 Å². The van der Waals surface area contributed by atoms with Gasteiger partial charge in [0, 0.05) is 17.7 Å². The molecule has 0 aliphatic heterocycles. The Kier molecular flexibility index (Phi) is 4.67. The van der Waals surface area contributed by atoms with Crippen molar-refractivity contribution in [2.24, 2.45) is 5.92 Å². The van der Waals surface area contributed by atoms with Crippen LogP contribution in [0.25, 0.3) is 0 Å². The number of hydrogen-bond acceptors (Lipinski definition) is 4. The Hall–Kier alpha value is -1.82. The summed E-state index contributed by atoms with van der Waals surface area (Å²) >= 11 is 5.87. The van der Waals surface area contributed by atoms with Gasteiger partial charge in [0.2, 0.25) is 0 Å². The van der Waals surface area contributed by atoms with Crippen LogP contribution in [0.1, 0.15) is 43.0 Å². The number of nitrogens with two attached hydrogens (primary N) is 1. The smallest absolute Gasteiger partial charge is 0.294 e. The lowest BCUT2D eigenvalue weighted by atomic mass is 9.86. The maximum absolute atomic E-state index is 12.3. The molecule has 1 aromatic rings. The highest BCUT2D eigenvalue weighted by Gasteiger charge is 2.25. The molecule has 1 aromatic carbocycles. The molecule has 1 fully saturated rings. The molecule has 0 bridgehead atoms. The van der Waals surface area contributed by atoms with E-state index < -0.39 is 4.92 Å². The summed E-state index contributed by atoms with van der Waals surface area (Å²) in [5.41, 5.74) is 5.25. The first-order valence-corrected chi connectivity index (χ1v) is 7.32. The molecule has 0 spiro atoms. The van der Waals surface area contributed by atoms with Gasteiger partial charge >= 0.3 is 0 Å². The third-order valence-electron chi connectivity index (χ3n) is 3.99. The van der Waals surface area contributed by atoms with E-state index in [4.69, 9.17) is 17.3 Å². The highest BCUT2D eigenvalue weighted by atomic mass is 35.5. The van der Waals surface area contributed by atoms with Gasteiger partial charge in [0.15, 0.2) is 0 Å². The number of nitrogens with one attached hydrogen (secondary N) is 1. The summed E-state index contributed by atoms with van der Waals surface area (Å²) in [5, 5.41) is 13.9. The minimum atomic E-state index is -0.638. The molecule has 3 N–H and O–H groups in total. The lowest BCUT2D eigenvalue weighted by Crippen LogP contribution is -2.41. The van der Waals surface area contributed by atoms with Crippen LogP contribution in [0.4, 0.5) is 11.4 Å². The van der Waals surface area contributed by atoms with E-state index in [-0.39, 0.29) is 33.9 Å². The van der Waals surface area contributed by atoms with Crippen LogP contribution in [-0.2, 0) is 0 Å². The van der Waals surface area contributed by atoms with Crippen LogP contribution < -0.4 is 11.1 Å². The minimum absolute atomic E-state index is 0.0195. The zero-order valence-electron chi connectivity index (χ0n) is 11.8. The Labute approximate surface area is 127 Å². The molecule has 7 heteroatoms. The third kappa shape index (κ3) is 3.44. The highest BCUT2D eigenvalue weighted by molar-refractivity contribution is 6.34. The first-order chi connectivity index (χ1) is 9.90. The number of nitro benzene ring substituents is 1. The summed E-state index contributed by atoms with van der Waals surface area (Å²) in [4.78, 5) is 22.6. The first-order valence-electron chi connectivity index (χ1n) is 6.94. The fraction of sp³-hybridized carbons (Fsp3) is 0.500. The maximum atomic E-state index is 12.3. The van der Waals surface area contributed by atoms with Gasteiger partial charge in [-0.05, 0) is 24.8 Å². The molecular weight excluding hydrogens is 294 g/mol. The number of benzene rings is 1. The molecule has 2 atom stereocenters. The lowest BCUT2D eigenvalue weighted by Gasteiger charge is -2.29. The first kappa shape index (κ1) is 15.6. The van der Waals surface area contributed by atoms with E-state index in [0.717, 1.165) is 19.3 Å². The molecule has 0 radical (unpaired) electrons. The molecule has 1 saturated carbocycles. The number of anilines is 1. The molecule has 1 aliphatic rings. The molecule has 2 rings (SSSR count). The van der Waals surface area contributed by atoms with Crippen LogP contribution in [0.2, 0.25) is 5.02 Å². The molecule has 6 nitrogen and oxygen atoms in total. The summed E-state index contributed by atoms with van der Waals surface area (Å²) < 4.78 is 0. The highest BCUT2D eigenvalue weighted by Crippen LogP contribution is 2.31. The molecule has 114 valence electrons. The Morgan fingerprint density at radius 3 is 2.71 bits per heavy atom. The van der Waals surface area contributed by atoms with Crippen LogP contribution in [0.5, 0.6) is 0 Å². The van der Waals surface area contributed by atoms with E-state index in [9.17, 15) is 14.9 Å². The average molecular weight is 312 g/mol. The zero-order valence-corrected chi connectivity index (χ0v) is 12.5. The van der Waals surface area contributed by atoms with E-state index in [1.54, 1.807) is 0 Å². The molecule has 21 heavy (non-hydrogen) atoms. The summed E-state index contributed by atoms with van der Waals surface area (Å²) in [7, 11) is 0. The SMILES string of the molecule is CC1CCCCC1NC(=O)c1cc(Cl)c(N)c([N+](=O)[O-])c1. The second-order valence-electron chi connectivity index (χ2n) is 5.49. The van der Waals surface area contributed by atoms with Gasteiger partial charge in [-0.3, -0.25) is 14.9 Å². The van der Waals surface area contributed by atoms with Crippen molar-refractivity contribution >= 4 is 28.9 Å². The fourth-order valence-electron chi connectivity index (χ4n) is 2.67. The maximum Gasteiger partial charge on any atom is 0.294 e. The number of hydrogen-bond donors (Lipinski definition) is 2. The minimum Gasteiger partial charge on any atom is -0.392 e. The number of nitrogens with zero attached hydrogens (tertiary/aromatic N) is 1. The van der Waals surface area contributed by atoms with Gasteiger partial charge in [0.05, 0.1) is 9.95 Å². The molecule has 0 aromatic heterocycles. The number of nitrogen functional groups attached to an aromatic ring is 1. The molecule has 1 aliphatic carbocycles. The van der Waals surface area contributed by atoms with Crippen molar-refractivity contribution < 1.29 is 9.72 Å². The number of nitro groups is 1. The number of carbonyl (C=O) groups excluding carboxylic acids is 1. The second-order valence-corrected chi connectivity index (χ2v) is 5.90.